The summed E-state index contributed by atoms with van der Waals surface area (Å²) in [6, 6.07) is 7.78. The quantitative estimate of drug-likeness (QED) is 0.761. The lowest BCUT2D eigenvalue weighted by molar-refractivity contribution is 0.642. The zero-order valence-electron chi connectivity index (χ0n) is 10.9. The summed E-state index contributed by atoms with van der Waals surface area (Å²) >= 11 is 0. The van der Waals surface area contributed by atoms with Gasteiger partial charge in [-0.15, -0.1) is 0 Å². The third-order valence-corrected chi connectivity index (χ3v) is 3.31. The summed E-state index contributed by atoms with van der Waals surface area (Å²) < 4.78 is 1.92. The Kier molecular flexibility index (Phi) is 2.67. The molecule has 96 valence electrons. The van der Waals surface area contributed by atoms with Crippen LogP contribution in [0.1, 0.15) is 24.2 Å². The van der Waals surface area contributed by atoms with E-state index in [1.54, 1.807) is 12.4 Å². The highest BCUT2D eigenvalue weighted by Crippen LogP contribution is 2.26. The van der Waals surface area contributed by atoms with E-state index in [1.165, 1.54) is 0 Å². The lowest BCUT2D eigenvalue weighted by Gasteiger charge is -2.14. The van der Waals surface area contributed by atoms with Crippen molar-refractivity contribution < 1.29 is 0 Å². The molecular weight excluding hydrogens is 238 g/mol. The molecule has 0 aliphatic heterocycles. The number of pyridine rings is 2. The number of nitrogens with two attached hydrogens (primary N) is 1. The fraction of sp³-hybridized carbons (Fsp3) is 0.214. The van der Waals surface area contributed by atoms with Crippen LogP contribution in [-0.4, -0.2) is 19.5 Å². The molecule has 0 spiro atoms. The van der Waals surface area contributed by atoms with Gasteiger partial charge in [0.25, 0.3) is 0 Å². The minimum absolute atomic E-state index is 0.000463. The second-order valence-electron chi connectivity index (χ2n) is 4.57. The molecule has 3 aromatic rings. The van der Waals surface area contributed by atoms with E-state index in [4.69, 9.17) is 5.73 Å². The Balaban J connectivity index is 2.20. The van der Waals surface area contributed by atoms with Gasteiger partial charge in [-0.05, 0) is 37.6 Å². The molecule has 1 atom stereocenters. The highest BCUT2D eigenvalue weighted by molar-refractivity contribution is 5.77. The maximum Gasteiger partial charge on any atom is 0.203 e. The van der Waals surface area contributed by atoms with Crippen molar-refractivity contribution in [2.24, 2.45) is 0 Å². The van der Waals surface area contributed by atoms with E-state index in [0.717, 1.165) is 22.4 Å². The zero-order valence-corrected chi connectivity index (χ0v) is 10.9. The Morgan fingerprint density at radius 2 is 2.00 bits per heavy atom. The van der Waals surface area contributed by atoms with Crippen LogP contribution in [0.3, 0.4) is 0 Å². The summed E-state index contributed by atoms with van der Waals surface area (Å²) in [4.78, 5) is 13.2. The maximum absolute atomic E-state index is 6.04. The predicted octanol–water partition coefficient (Wildman–Crippen LogP) is 2.33. The summed E-state index contributed by atoms with van der Waals surface area (Å²) in [6.07, 6.45) is 3.56. The lowest BCUT2D eigenvalue weighted by atomic mass is 10.2. The van der Waals surface area contributed by atoms with Gasteiger partial charge in [-0.1, -0.05) is 6.07 Å². The van der Waals surface area contributed by atoms with Crippen LogP contribution in [0, 0.1) is 6.92 Å². The molecule has 3 rings (SSSR count). The zero-order chi connectivity index (χ0) is 13.4. The van der Waals surface area contributed by atoms with E-state index >= 15 is 0 Å². The number of hydrogen-bond acceptors (Lipinski definition) is 4. The second-order valence-corrected chi connectivity index (χ2v) is 4.57. The first kappa shape index (κ1) is 11.6. The van der Waals surface area contributed by atoms with Crippen molar-refractivity contribution in [3.63, 3.8) is 0 Å². The van der Waals surface area contributed by atoms with E-state index in [9.17, 15) is 0 Å². The predicted molar refractivity (Wildman–Crippen MR) is 74.7 cm³/mol. The number of nitrogens with zero attached hydrogens (tertiary/aromatic N) is 4. The Bertz CT molecular complexity index is 717. The van der Waals surface area contributed by atoms with Crippen LogP contribution >= 0.6 is 0 Å². The average molecular weight is 253 g/mol. The van der Waals surface area contributed by atoms with Gasteiger partial charge < -0.3 is 5.73 Å². The molecule has 5 nitrogen and oxygen atoms in total. The van der Waals surface area contributed by atoms with Gasteiger partial charge >= 0.3 is 0 Å². The Labute approximate surface area is 111 Å². The van der Waals surface area contributed by atoms with Crippen molar-refractivity contribution in [1.82, 2.24) is 19.5 Å². The largest absolute Gasteiger partial charge is 0.369 e. The van der Waals surface area contributed by atoms with Gasteiger partial charge in [0.15, 0.2) is 5.65 Å². The van der Waals surface area contributed by atoms with Crippen LogP contribution in [-0.2, 0) is 0 Å². The maximum atomic E-state index is 6.04. The number of aromatic nitrogens is 4. The van der Waals surface area contributed by atoms with Gasteiger partial charge in [-0.2, -0.15) is 0 Å². The summed E-state index contributed by atoms with van der Waals surface area (Å²) in [5.74, 6) is 0.468. The number of hydrogen-bond donors (Lipinski definition) is 1. The van der Waals surface area contributed by atoms with Gasteiger partial charge in [-0.25, -0.2) is 9.97 Å². The molecule has 0 aromatic carbocycles. The van der Waals surface area contributed by atoms with E-state index < -0.39 is 0 Å². The van der Waals surface area contributed by atoms with E-state index in [1.807, 2.05) is 42.7 Å². The molecule has 0 saturated heterocycles. The van der Waals surface area contributed by atoms with Crippen molar-refractivity contribution in [3.05, 3.63) is 47.9 Å². The summed E-state index contributed by atoms with van der Waals surface area (Å²) in [5, 5.41) is 0. The number of nitrogen functional groups attached to an aromatic ring is 1. The molecular formula is C14H15N5. The minimum atomic E-state index is 0.000463. The second kappa shape index (κ2) is 4.35. The average Bonchev–Trinajstić information content (AvgIpc) is 2.77. The smallest absolute Gasteiger partial charge is 0.203 e. The SMILES string of the molecule is Cc1ccnc2c1nc(N)n2C(C)c1ccccn1. The van der Waals surface area contributed by atoms with Gasteiger partial charge in [0.2, 0.25) is 5.95 Å². The van der Waals surface area contributed by atoms with Gasteiger partial charge in [0.1, 0.15) is 5.52 Å². The fourth-order valence-electron chi connectivity index (χ4n) is 2.26. The normalized spacial score (nSPS) is 12.7. The summed E-state index contributed by atoms with van der Waals surface area (Å²) in [5.41, 5.74) is 9.71. The standard InChI is InChI=1S/C14H15N5/c1-9-6-8-17-13-12(9)18-14(15)19(13)10(2)11-5-3-4-7-16-11/h3-8,10H,1-2H3,(H2,15,18). The van der Waals surface area contributed by atoms with Gasteiger partial charge in [-0.3, -0.25) is 9.55 Å². The summed E-state index contributed by atoms with van der Waals surface area (Å²) in [6.45, 7) is 4.05. The highest BCUT2D eigenvalue weighted by Gasteiger charge is 2.18. The monoisotopic (exact) mass is 253 g/mol. The topological polar surface area (TPSA) is 69.6 Å². The number of rotatable bonds is 2. The molecule has 3 aromatic heterocycles. The molecule has 0 radical (unpaired) electrons. The van der Waals surface area contributed by atoms with Crippen molar-refractivity contribution in [2.75, 3.05) is 5.73 Å². The van der Waals surface area contributed by atoms with Crippen LogP contribution in [0.2, 0.25) is 0 Å². The lowest BCUT2D eigenvalue weighted by Crippen LogP contribution is -2.11. The first-order chi connectivity index (χ1) is 9.18. The molecule has 0 aliphatic rings. The number of fused-ring (bicyclic) bond motifs is 1. The third kappa shape index (κ3) is 1.83. The molecule has 19 heavy (non-hydrogen) atoms. The van der Waals surface area contributed by atoms with E-state index in [0.29, 0.717) is 5.95 Å². The van der Waals surface area contributed by atoms with Crippen molar-refractivity contribution in [1.29, 1.82) is 0 Å². The molecule has 3 heterocycles. The number of aryl methyl sites for hydroxylation is 1. The number of anilines is 1. The van der Waals surface area contributed by atoms with E-state index in [-0.39, 0.29) is 6.04 Å². The van der Waals surface area contributed by atoms with Crippen LogP contribution in [0.4, 0.5) is 5.95 Å². The number of imidazole rings is 1. The first-order valence-corrected chi connectivity index (χ1v) is 6.18. The van der Waals surface area contributed by atoms with Crippen LogP contribution in [0.15, 0.2) is 36.7 Å². The van der Waals surface area contributed by atoms with Crippen LogP contribution < -0.4 is 5.73 Å². The first-order valence-electron chi connectivity index (χ1n) is 6.18. The Morgan fingerprint density at radius 3 is 2.74 bits per heavy atom. The molecule has 0 amide bonds. The molecule has 1 unspecified atom stereocenters. The summed E-state index contributed by atoms with van der Waals surface area (Å²) in [7, 11) is 0. The molecule has 0 saturated carbocycles. The minimum Gasteiger partial charge on any atom is -0.369 e. The van der Waals surface area contributed by atoms with E-state index in [2.05, 4.69) is 15.0 Å². The molecule has 2 N–H and O–H groups in total. The van der Waals surface area contributed by atoms with Crippen molar-refractivity contribution in [2.45, 2.75) is 19.9 Å². The molecule has 0 aliphatic carbocycles. The highest BCUT2D eigenvalue weighted by atomic mass is 15.2. The fourth-order valence-corrected chi connectivity index (χ4v) is 2.26. The van der Waals surface area contributed by atoms with Crippen LogP contribution in [0.5, 0.6) is 0 Å². The van der Waals surface area contributed by atoms with Gasteiger partial charge in [0.05, 0.1) is 11.7 Å². The Morgan fingerprint density at radius 1 is 1.16 bits per heavy atom. The van der Waals surface area contributed by atoms with Crippen molar-refractivity contribution in [3.8, 4) is 0 Å². The Hall–Kier alpha value is -2.43. The van der Waals surface area contributed by atoms with Crippen LogP contribution in [0.25, 0.3) is 11.2 Å². The third-order valence-electron chi connectivity index (χ3n) is 3.31. The molecule has 0 fully saturated rings. The molecule has 0 bridgehead atoms. The van der Waals surface area contributed by atoms with Crippen molar-refractivity contribution >= 4 is 17.1 Å². The van der Waals surface area contributed by atoms with Gasteiger partial charge in [0, 0.05) is 12.4 Å². The molecule has 5 heteroatoms.